The Hall–Kier alpha value is -0.172. The van der Waals surface area contributed by atoms with Gasteiger partial charge in [0.1, 0.15) is 0 Å². The minimum Gasteiger partial charge on any atom is -0.687 e. The van der Waals surface area contributed by atoms with Gasteiger partial charge >= 0.3 is 43.0 Å². The van der Waals surface area contributed by atoms with E-state index in [1.54, 1.807) is 0 Å². The van der Waals surface area contributed by atoms with E-state index in [0.717, 1.165) is 12.8 Å². The average Bonchev–Trinajstić information content (AvgIpc) is 2.66. The Balaban J connectivity index is -0.000000171. The van der Waals surface area contributed by atoms with Gasteiger partial charge in [-0.15, -0.1) is 11.1 Å². The fourth-order valence-corrected chi connectivity index (χ4v) is 0.653. The molecule has 0 saturated heterocycles. The second-order valence-electron chi connectivity index (χ2n) is 9.21. The van der Waals surface area contributed by atoms with Crippen molar-refractivity contribution in [1.82, 2.24) is 0 Å². The van der Waals surface area contributed by atoms with Crippen molar-refractivity contribution in [1.29, 1.82) is 0 Å². The monoisotopic (exact) mass is 579 g/mol. The summed E-state index contributed by atoms with van der Waals surface area (Å²) in [7, 11) is 0. The molecular weight excluding hydrogens is 526 g/mol. The van der Waals surface area contributed by atoms with E-state index in [-0.39, 0.29) is 11.1 Å². The Morgan fingerprint density at radius 3 is 1.07 bits per heavy atom. The second-order valence-corrected chi connectivity index (χ2v) is 9.97. The van der Waals surface area contributed by atoms with Crippen LogP contribution in [-0.4, -0.2) is 17.1 Å². The van der Waals surface area contributed by atoms with Crippen LogP contribution >= 0.6 is 0 Å². The van der Waals surface area contributed by atoms with Crippen molar-refractivity contribution in [2.24, 2.45) is 3.50 Å². The smallest absolute Gasteiger partial charge is 0.0663 e. The van der Waals surface area contributed by atoms with Crippen LogP contribution in [0.15, 0.2) is 15.9 Å². The van der Waals surface area contributed by atoms with Crippen molar-refractivity contribution >= 4 is 0 Å². The quantitative estimate of drug-likeness (QED) is 0.244. The molecule has 3 nitrogen and oxygen atoms in total. The Labute approximate surface area is 197 Å². The van der Waals surface area contributed by atoms with E-state index in [1.165, 1.54) is 44.3 Å². The van der Waals surface area contributed by atoms with Crippen LogP contribution in [0.2, 0.25) is 0 Å². The molecule has 0 heterocycles. The number of hydrogen-bond acceptors (Lipinski definition) is 1. The molecule has 0 aromatic rings. The van der Waals surface area contributed by atoms with Gasteiger partial charge in [0.2, 0.25) is 0 Å². The van der Waals surface area contributed by atoms with Gasteiger partial charge in [0.15, 0.2) is 0 Å². The van der Waals surface area contributed by atoms with Gasteiger partial charge < -0.3 is 22.5 Å². The van der Waals surface area contributed by atoms with Crippen LogP contribution in [-0.2, 0) is 19.6 Å². The van der Waals surface area contributed by atoms with Crippen molar-refractivity contribution in [3.05, 3.63) is 34.9 Å². The van der Waals surface area contributed by atoms with Crippen LogP contribution in [0.1, 0.15) is 123 Å². The molecule has 4 heteroatoms. The van der Waals surface area contributed by atoms with Crippen molar-refractivity contribution in [3.63, 3.8) is 0 Å². The summed E-state index contributed by atoms with van der Waals surface area (Å²) in [6.07, 6.45) is 8.19. The molecule has 0 N–H and O–H groups in total. The summed E-state index contributed by atoms with van der Waals surface area (Å²) in [5.74, 6) is 3.01. The molecule has 29 heavy (non-hydrogen) atoms. The summed E-state index contributed by atoms with van der Waals surface area (Å²) >= 11 is 1.33. The Kier molecular flexibility index (Phi) is 28.1. The van der Waals surface area contributed by atoms with E-state index in [0.29, 0.717) is 6.04 Å². The maximum atomic E-state index is 4.44. The number of nitrogens with zero attached hydrogens (tertiary/aromatic N) is 3. The van der Waals surface area contributed by atoms with Crippen LogP contribution in [0.25, 0.3) is 10.6 Å². The summed E-state index contributed by atoms with van der Waals surface area (Å²) in [6.45, 7) is 29.8. The first kappa shape index (κ1) is 36.2. The van der Waals surface area contributed by atoms with E-state index in [9.17, 15) is 0 Å². The van der Waals surface area contributed by atoms with Crippen molar-refractivity contribution < 1.29 is 19.6 Å². The molecular formula is C25H53N3W-4. The minimum atomic E-state index is 0.0440. The van der Waals surface area contributed by atoms with Gasteiger partial charge in [0, 0.05) is 0 Å². The number of rotatable bonds is 9. The largest absolute Gasteiger partial charge is 0.687 e. The van der Waals surface area contributed by atoms with E-state index in [2.05, 4.69) is 111 Å². The minimum absolute atomic E-state index is 0.0440. The molecule has 0 spiro atoms. The van der Waals surface area contributed by atoms with Crippen LogP contribution < -0.4 is 0 Å². The van der Waals surface area contributed by atoms with Crippen molar-refractivity contribution in [2.75, 3.05) is 0 Å². The predicted octanol–water partition coefficient (Wildman–Crippen LogP) is 9.73. The van der Waals surface area contributed by atoms with Crippen LogP contribution in [0, 0.1) is 11.8 Å². The molecule has 0 aromatic heterocycles. The topological polar surface area (TPSA) is 40.6 Å². The van der Waals surface area contributed by atoms with Crippen LogP contribution in [0.5, 0.6) is 0 Å². The standard InChI is InChI=1S/C12H24N2.2C5H11.C3H7N.W/c1-7-11(3,4)13-9-10-14-12(5,6)8-2;2*1-4-5(2)3;1-3(2)4;/h9-10H,7-8H2,1-6H3;2*4H2,1-3H3;3H,1-2H3;/q-2;2*-1;;/b10-9-;;;;. The molecule has 0 aliphatic heterocycles. The predicted molar refractivity (Wildman–Crippen MR) is 132 cm³/mol. The Morgan fingerprint density at radius 1 is 0.759 bits per heavy atom. The maximum absolute atomic E-state index is 4.44. The second kappa shape index (κ2) is 22.5. The molecule has 0 saturated carbocycles. The van der Waals surface area contributed by atoms with Crippen LogP contribution in [0.3, 0.4) is 0 Å². The summed E-state index contributed by atoms with van der Waals surface area (Å²) < 4.78 is 3.97. The fourth-order valence-electron chi connectivity index (χ4n) is 0.653. The molecule has 0 atom stereocenters. The van der Waals surface area contributed by atoms with Gasteiger partial charge in [-0.25, -0.2) is 12.4 Å². The molecule has 0 unspecified atom stereocenters. The third-order valence-electron chi connectivity index (χ3n) is 4.27. The summed E-state index contributed by atoms with van der Waals surface area (Å²) in [4.78, 5) is 0. The summed E-state index contributed by atoms with van der Waals surface area (Å²) in [6, 6.07) is 0.546. The van der Waals surface area contributed by atoms with E-state index in [4.69, 9.17) is 0 Å². The first-order valence-corrected chi connectivity index (χ1v) is 12.4. The molecule has 0 bridgehead atoms. The third-order valence-corrected chi connectivity index (χ3v) is 5.78. The Bertz CT molecular complexity index is 331. The molecule has 0 aliphatic carbocycles. The third kappa shape index (κ3) is 42.8. The van der Waals surface area contributed by atoms with Gasteiger partial charge in [-0.05, 0) is 0 Å². The Morgan fingerprint density at radius 2 is 0.966 bits per heavy atom. The van der Waals surface area contributed by atoms with E-state index < -0.39 is 0 Å². The van der Waals surface area contributed by atoms with E-state index in [1.807, 2.05) is 12.4 Å². The summed E-state index contributed by atoms with van der Waals surface area (Å²) in [5.41, 5.74) is 0.0881. The number of hydrogen-bond donors (Lipinski definition) is 0. The van der Waals surface area contributed by atoms with Crippen molar-refractivity contribution in [2.45, 2.75) is 140 Å². The molecule has 0 aromatic carbocycles. The van der Waals surface area contributed by atoms with Crippen molar-refractivity contribution in [3.8, 4) is 0 Å². The van der Waals surface area contributed by atoms with Crippen LogP contribution in [0.4, 0.5) is 0 Å². The van der Waals surface area contributed by atoms with Gasteiger partial charge in [0.05, 0.1) is 0 Å². The zero-order valence-corrected chi connectivity index (χ0v) is 25.2. The molecule has 0 fully saturated rings. The fraction of sp³-hybridized carbons (Fsp3) is 0.840. The zero-order valence-electron chi connectivity index (χ0n) is 22.3. The summed E-state index contributed by atoms with van der Waals surface area (Å²) in [5, 5.41) is 8.88. The SMILES string of the molecule is CC(C)[N]=[W].CCC(C)(C)[N-]/C=C\[N-]C(C)(C)CC.CC[C-](C)C.CC[C-](C)C. The van der Waals surface area contributed by atoms with Gasteiger partial charge in [0.25, 0.3) is 0 Å². The maximum Gasteiger partial charge on any atom is -0.0663 e. The molecule has 0 rings (SSSR count). The van der Waals surface area contributed by atoms with E-state index >= 15 is 0 Å². The zero-order chi connectivity index (χ0) is 24.1. The van der Waals surface area contributed by atoms with Gasteiger partial charge in [-0.2, -0.15) is 40.5 Å². The average molecular weight is 580 g/mol. The first-order chi connectivity index (χ1) is 13.1. The molecule has 0 radical (unpaired) electrons. The first-order valence-electron chi connectivity index (χ1n) is 11.1. The van der Waals surface area contributed by atoms with Gasteiger partial charge in [-0.3, -0.25) is 0 Å². The van der Waals surface area contributed by atoms with Gasteiger partial charge in [-0.1, -0.05) is 68.2 Å². The normalized spacial score (nSPS) is 11.2. The molecule has 0 amide bonds. The molecule has 0 aliphatic rings. The molecule has 178 valence electrons.